The second-order valence-electron chi connectivity index (χ2n) is 4.88. The third-order valence-corrected chi connectivity index (χ3v) is 4.87. The standard InChI is InChI=1S/C16H14ClNO2S/c17-11-5-6-14(18)13(8-11)16(19)20-9-12-7-10-3-1-2-4-15(10)21-12/h1-6,8,12H,7,9,18H2. The van der Waals surface area contributed by atoms with Crippen molar-refractivity contribution in [2.45, 2.75) is 16.6 Å². The van der Waals surface area contributed by atoms with Crippen LogP contribution in [0.25, 0.3) is 0 Å². The highest BCUT2D eigenvalue weighted by Crippen LogP contribution is 2.36. The molecular formula is C16H14ClNO2S. The molecule has 0 aliphatic carbocycles. The van der Waals surface area contributed by atoms with E-state index in [2.05, 4.69) is 12.1 Å². The van der Waals surface area contributed by atoms with Crippen LogP contribution in [0.2, 0.25) is 5.02 Å². The number of nitrogen functional groups attached to an aromatic ring is 1. The molecule has 0 fully saturated rings. The van der Waals surface area contributed by atoms with E-state index in [1.54, 1.807) is 23.9 Å². The van der Waals surface area contributed by atoms with E-state index in [1.807, 2.05) is 12.1 Å². The fourth-order valence-corrected chi connectivity index (χ4v) is 3.69. The van der Waals surface area contributed by atoms with Gasteiger partial charge < -0.3 is 10.5 Å². The van der Waals surface area contributed by atoms with Crippen molar-refractivity contribution in [1.29, 1.82) is 0 Å². The zero-order valence-electron chi connectivity index (χ0n) is 11.2. The highest BCUT2D eigenvalue weighted by molar-refractivity contribution is 8.00. The zero-order valence-corrected chi connectivity index (χ0v) is 12.8. The van der Waals surface area contributed by atoms with Crippen LogP contribution in [0.3, 0.4) is 0 Å². The molecule has 2 aromatic carbocycles. The molecule has 0 spiro atoms. The SMILES string of the molecule is Nc1ccc(Cl)cc1C(=O)OCC1Cc2ccccc2S1. The molecule has 0 aromatic heterocycles. The molecular weight excluding hydrogens is 306 g/mol. The van der Waals surface area contributed by atoms with Gasteiger partial charge in [0.05, 0.1) is 5.56 Å². The van der Waals surface area contributed by atoms with Gasteiger partial charge >= 0.3 is 5.97 Å². The van der Waals surface area contributed by atoms with Crippen LogP contribution in [0.15, 0.2) is 47.4 Å². The molecule has 21 heavy (non-hydrogen) atoms. The van der Waals surface area contributed by atoms with Crippen molar-refractivity contribution in [1.82, 2.24) is 0 Å². The number of halogens is 1. The van der Waals surface area contributed by atoms with Crippen LogP contribution < -0.4 is 5.73 Å². The molecule has 1 heterocycles. The van der Waals surface area contributed by atoms with Crippen LogP contribution in [-0.4, -0.2) is 17.8 Å². The van der Waals surface area contributed by atoms with Crippen LogP contribution >= 0.6 is 23.4 Å². The lowest BCUT2D eigenvalue weighted by Gasteiger charge is -2.11. The molecule has 1 unspecified atom stereocenters. The smallest absolute Gasteiger partial charge is 0.340 e. The van der Waals surface area contributed by atoms with E-state index in [4.69, 9.17) is 22.1 Å². The minimum atomic E-state index is -0.424. The highest BCUT2D eigenvalue weighted by Gasteiger charge is 2.23. The first-order chi connectivity index (χ1) is 10.1. The molecule has 2 N–H and O–H groups in total. The van der Waals surface area contributed by atoms with Crippen LogP contribution in [0, 0.1) is 0 Å². The first-order valence-electron chi connectivity index (χ1n) is 6.60. The number of carbonyl (C=O) groups is 1. The molecule has 1 atom stereocenters. The largest absolute Gasteiger partial charge is 0.461 e. The monoisotopic (exact) mass is 319 g/mol. The number of carbonyl (C=O) groups excluding carboxylic acids is 1. The molecule has 3 nitrogen and oxygen atoms in total. The molecule has 0 saturated carbocycles. The zero-order chi connectivity index (χ0) is 14.8. The van der Waals surface area contributed by atoms with Crippen molar-refractivity contribution < 1.29 is 9.53 Å². The summed E-state index contributed by atoms with van der Waals surface area (Å²) >= 11 is 7.63. The molecule has 0 amide bonds. The Hall–Kier alpha value is -1.65. The first-order valence-corrected chi connectivity index (χ1v) is 7.86. The number of benzene rings is 2. The Morgan fingerprint density at radius 1 is 1.33 bits per heavy atom. The third-order valence-electron chi connectivity index (χ3n) is 3.35. The Morgan fingerprint density at radius 2 is 2.14 bits per heavy atom. The quantitative estimate of drug-likeness (QED) is 0.690. The molecule has 1 aliphatic heterocycles. The summed E-state index contributed by atoms with van der Waals surface area (Å²) in [5, 5.41) is 0.727. The van der Waals surface area contributed by atoms with Gasteiger partial charge in [0.2, 0.25) is 0 Å². The van der Waals surface area contributed by atoms with Crippen LogP contribution in [0.4, 0.5) is 5.69 Å². The van der Waals surface area contributed by atoms with Crippen molar-refractivity contribution in [2.24, 2.45) is 0 Å². The number of hydrogen-bond donors (Lipinski definition) is 1. The van der Waals surface area contributed by atoms with Crippen LogP contribution in [0.1, 0.15) is 15.9 Å². The van der Waals surface area contributed by atoms with Gasteiger partial charge in [-0.05, 0) is 36.2 Å². The molecule has 2 aromatic rings. The van der Waals surface area contributed by atoms with E-state index in [0.717, 1.165) is 6.42 Å². The number of hydrogen-bond acceptors (Lipinski definition) is 4. The number of nitrogens with two attached hydrogens (primary N) is 1. The van der Waals surface area contributed by atoms with Gasteiger partial charge in [0, 0.05) is 20.9 Å². The fourth-order valence-electron chi connectivity index (χ4n) is 2.30. The maximum absolute atomic E-state index is 12.1. The summed E-state index contributed by atoms with van der Waals surface area (Å²) < 4.78 is 5.38. The minimum absolute atomic E-state index is 0.256. The van der Waals surface area contributed by atoms with Crippen molar-refractivity contribution in [3.63, 3.8) is 0 Å². The normalized spacial score (nSPS) is 16.5. The molecule has 1 aliphatic rings. The lowest BCUT2D eigenvalue weighted by molar-refractivity contribution is 0.0508. The molecule has 108 valence electrons. The Balaban J connectivity index is 1.61. The van der Waals surface area contributed by atoms with Crippen molar-refractivity contribution in [2.75, 3.05) is 12.3 Å². The lowest BCUT2D eigenvalue weighted by Crippen LogP contribution is -2.16. The average molecular weight is 320 g/mol. The molecule has 0 bridgehead atoms. The maximum atomic E-state index is 12.1. The Bertz CT molecular complexity index is 665. The predicted molar refractivity (Wildman–Crippen MR) is 85.9 cm³/mol. The Morgan fingerprint density at radius 3 is 2.95 bits per heavy atom. The van der Waals surface area contributed by atoms with E-state index in [0.29, 0.717) is 22.9 Å². The summed E-state index contributed by atoms with van der Waals surface area (Å²) in [6, 6.07) is 13.1. The predicted octanol–water partition coefficient (Wildman–Crippen LogP) is 3.80. The molecule has 3 rings (SSSR count). The number of thioether (sulfide) groups is 1. The van der Waals surface area contributed by atoms with E-state index < -0.39 is 5.97 Å². The van der Waals surface area contributed by atoms with Gasteiger partial charge in [-0.15, -0.1) is 11.8 Å². The summed E-state index contributed by atoms with van der Waals surface area (Å²) in [4.78, 5) is 13.3. The number of esters is 1. The van der Waals surface area contributed by atoms with E-state index in [9.17, 15) is 4.79 Å². The van der Waals surface area contributed by atoms with E-state index in [1.165, 1.54) is 16.5 Å². The van der Waals surface area contributed by atoms with Crippen LogP contribution in [-0.2, 0) is 11.2 Å². The van der Waals surface area contributed by atoms with Gasteiger partial charge in [0.15, 0.2) is 0 Å². The molecule has 0 saturated heterocycles. The Kier molecular flexibility index (Phi) is 4.08. The van der Waals surface area contributed by atoms with E-state index in [-0.39, 0.29) is 5.25 Å². The Labute approximate surface area is 132 Å². The van der Waals surface area contributed by atoms with Crippen molar-refractivity contribution in [3.05, 3.63) is 58.6 Å². The third kappa shape index (κ3) is 3.17. The summed E-state index contributed by atoms with van der Waals surface area (Å²) in [5.74, 6) is -0.424. The average Bonchev–Trinajstić information content (AvgIpc) is 2.90. The molecule has 0 radical (unpaired) electrons. The fraction of sp³-hybridized carbons (Fsp3) is 0.188. The second-order valence-corrected chi connectivity index (χ2v) is 6.66. The van der Waals surface area contributed by atoms with Gasteiger partial charge in [-0.3, -0.25) is 0 Å². The summed E-state index contributed by atoms with van der Waals surface area (Å²) in [6.07, 6.45) is 0.916. The lowest BCUT2D eigenvalue weighted by atomic mass is 10.1. The minimum Gasteiger partial charge on any atom is -0.461 e. The summed E-state index contributed by atoms with van der Waals surface area (Å²) in [5.41, 5.74) is 7.79. The number of fused-ring (bicyclic) bond motifs is 1. The number of ether oxygens (including phenoxy) is 1. The highest BCUT2D eigenvalue weighted by atomic mass is 35.5. The van der Waals surface area contributed by atoms with Gasteiger partial charge in [0.25, 0.3) is 0 Å². The number of anilines is 1. The van der Waals surface area contributed by atoms with Crippen molar-refractivity contribution >= 4 is 35.0 Å². The van der Waals surface area contributed by atoms with E-state index >= 15 is 0 Å². The van der Waals surface area contributed by atoms with Gasteiger partial charge in [-0.1, -0.05) is 29.8 Å². The van der Waals surface area contributed by atoms with Gasteiger partial charge in [-0.2, -0.15) is 0 Å². The van der Waals surface area contributed by atoms with Gasteiger partial charge in [0.1, 0.15) is 6.61 Å². The summed E-state index contributed by atoms with van der Waals surface area (Å²) in [6.45, 7) is 0.365. The van der Waals surface area contributed by atoms with Crippen LogP contribution in [0.5, 0.6) is 0 Å². The topological polar surface area (TPSA) is 52.3 Å². The number of rotatable bonds is 3. The van der Waals surface area contributed by atoms with Gasteiger partial charge in [-0.25, -0.2) is 4.79 Å². The summed E-state index contributed by atoms with van der Waals surface area (Å²) in [7, 11) is 0. The molecule has 5 heteroatoms. The maximum Gasteiger partial charge on any atom is 0.340 e. The van der Waals surface area contributed by atoms with Crippen molar-refractivity contribution in [3.8, 4) is 0 Å². The second kappa shape index (κ2) is 6.00. The first kappa shape index (κ1) is 14.3.